The average molecular weight is 373 g/mol. The zero-order chi connectivity index (χ0) is 14.7. The van der Waals surface area contributed by atoms with Gasteiger partial charge in [-0.05, 0) is 34.9 Å². The van der Waals surface area contributed by atoms with Crippen molar-refractivity contribution >= 4 is 27.6 Å². The van der Waals surface area contributed by atoms with E-state index in [1.807, 2.05) is 25.3 Å². The second kappa shape index (κ2) is 7.56. The summed E-state index contributed by atoms with van der Waals surface area (Å²) in [5.41, 5.74) is 3.27. The van der Waals surface area contributed by atoms with Crippen LogP contribution in [0.25, 0.3) is 10.8 Å². The number of benzene rings is 2. The van der Waals surface area contributed by atoms with Gasteiger partial charge in [0, 0.05) is 11.9 Å². The Labute approximate surface area is 145 Å². The van der Waals surface area contributed by atoms with Gasteiger partial charge in [-0.3, -0.25) is 0 Å². The molecule has 0 fully saturated rings. The summed E-state index contributed by atoms with van der Waals surface area (Å²) in [5, 5.41) is 9.42. The van der Waals surface area contributed by atoms with Crippen molar-refractivity contribution in [1.82, 2.24) is 4.98 Å². The van der Waals surface area contributed by atoms with Crippen molar-refractivity contribution in [2.75, 3.05) is 0 Å². The van der Waals surface area contributed by atoms with Gasteiger partial charge in [-0.25, -0.2) is 10.4 Å². The second-order valence-corrected chi connectivity index (χ2v) is 6.07. The molecule has 2 aromatic carbocycles. The quantitative estimate of drug-likeness (QED) is 0.518. The van der Waals surface area contributed by atoms with Crippen LogP contribution in [-0.4, -0.2) is 10.0 Å². The first kappa shape index (κ1) is 16.7. The first-order valence-electron chi connectivity index (χ1n) is 6.88. The summed E-state index contributed by atoms with van der Waals surface area (Å²) < 4.78 is 0. The molecule has 0 spiro atoms. The molecule has 2 N–H and O–H groups in total. The van der Waals surface area contributed by atoms with E-state index in [-0.39, 0.29) is 17.0 Å². The Morgan fingerprint density at radius 2 is 1.82 bits per heavy atom. The van der Waals surface area contributed by atoms with E-state index in [1.54, 1.807) is 11.8 Å². The molecule has 0 amide bonds. The Hall–Kier alpha value is -1.65. The van der Waals surface area contributed by atoms with Gasteiger partial charge in [0.15, 0.2) is 0 Å². The molecular weight excluding hydrogens is 356 g/mol. The van der Waals surface area contributed by atoms with E-state index < -0.39 is 0 Å². The van der Waals surface area contributed by atoms with E-state index in [9.17, 15) is 0 Å². The highest BCUT2D eigenvalue weighted by molar-refractivity contribution is 8.13. The summed E-state index contributed by atoms with van der Waals surface area (Å²) in [6, 6.07) is 18.9. The van der Waals surface area contributed by atoms with Crippen molar-refractivity contribution in [2.24, 2.45) is 0 Å². The molecule has 0 bridgehead atoms. The minimum absolute atomic E-state index is 0. The maximum Gasteiger partial charge on any atom is 0.257 e. The Morgan fingerprint density at radius 3 is 2.55 bits per heavy atom. The summed E-state index contributed by atoms with van der Waals surface area (Å²) >= 11 is 1.63. The van der Waals surface area contributed by atoms with Crippen LogP contribution in [-0.2, 0) is 5.75 Å². The van der Waals surface area contributed by atoms with Gasteiger partial charge in [0.25, 0.3) is 5.04 Å². The predicted octanol–water partition coefficient (Wildman–Crippen LogP) is -0.0137. The highest BCUT2D eigenvalue weighted by Gasteiger charge is 2.09. The maximum atomic E-state index is 6.12. The van der Waals surface area contributed by atoms with Crippen molar-refractivity contribution in [2.45, 2.75) is 12.7 Å². The number of fused-ring (bicyclic) bond motifs is 1. The summed E-state index contributed by atoms with van der Waals surface area (Å²) in [4.78, 5) is 4.36. The highest BCUT2D eigenvalue weighted by atomic mass is 79.9. The molecule has 3 rings (SSSR count). The van der Waals surface area contributed by atoms with Crippen molar-refractivity contribution in [1.29, 1.82) is 0 Å². The van der Waals surface area contributed by atoms with Gasteiger partial charge in [-0.15, -0.1) is 0 Å². The summed E-state index contributed by atoms with van der Waals surface area (Å²) in [7, 11) is 0. The van der Waals surface area contributed by atoms with Crippen LogP contribution in [0.3, 0.4) is 0 Å². The van der Waals surface area contributed by atoms with E-state index in [0.717, 1.165) is 22.1 Å². The van der Waals surface area contributed by atoms with Crippen molar-refractivity contribution in [3.8, 4) is 0 Å². The molecule has 112 valence electrons. The van der Waals surface area contributed by atoms with E-state index in [4.69, 9.17) is 5.41 Å². The van der Waals surface area contributed by atoms with Crippen LogP contribution in [0.1, 0.15) is 16.8 Å². The monoisotopic (exact) mass is 372 g/mol. The molecular formula is C18H17BrN2S. The number of halogens is 1. The summed E-state index contributed by atoms with van der Waals surface area (Å²) in [6.07, 6.45) is 1.85. The fourth-order valence-electron chi connectivity index (χ4n) is 2.18. The standard InChI is InChI=1S/C18H16N2S.BrH/c1-13-6-9-17(20-11-13)18(19)21-12-14-7-8-15-4-2-3-5-16(15)10-14;/h2-11,19H,12H2,1H3;1H. The molecule has 0 saturated carbocycles. The fraction of sp³-hybridized carbons (Fsp3) is 0.111. The maximum absolute atomic E-state index is 6.12. The molecule has 4 heteroatoms. The van der Waals surface area contributed by atoms with Gasteiger partial charge >= 0.3 is 0 Å². The van der Waals surface area contributed by atoms with Gasteiger partial charge in [-0.1, -0.05) is 60.3 Å². The lowest BCUT2D eigenvalue weighted by Crippen LogP contribution is -3.00. The number of pyridine rings is 1. The molecule has 0 aliphatic carbocycles. The lowest BCUT2D eigenvalue weighted by Gasteiger charge is -2.03. The zero-order valence-electron chi connectivity index (χ0n) is 12.3. The SMILES string of the molecule is Cc1ccc(C(=[NH2+])SCc2ccc3ccccc3c2)nc1.[Br-]. The van der Waals surface area contributed by atoms with Crippen LogP contribution in [0, 0.1) is 6.92 Å². The molecule has 0 atom stereocenters. The molecule has 0 saturated heterocycles. The van der Waals surface area contributed by atoms with Gasteiger partial charge < -0.3 is 17.0 Å². The number of nitrogens with zero attached hydrogens (tertiary/aromatic N) is 1. The third-order valence-corrected chi connectivity index (χ3v) is 4.37. The van der Waals surface area contributed by atoms with Crippen LogP contribution in [0.5, 0.6) is 0 Å². The number of nitrogens with two attached hydrogens (primary N) is 1. The molecule has 0 aliphatic heterocycles. The van der Waals surface area contributed by atoms with E-state index >= 15 is 0 Å². The Balaban J connectivity index is 0.00000176. The molecule has 0 unspecified atom stereocenters. The highest BCUT2D eigenvalue weighted by Crippen LogP contribution is 2.20. The molecule has 3 aromatic rings. The molecule has 2 nitrogen and oxygen atoms in total. The largest absolute Gasteiger partial charge is 1.00 e. The Morgan fingerprint density at radius 1 is 1.05 bits per heavy atom. The second-order valence-electron chi connectivity index (χ2n) is 5.06. The molecule has 1 heterocycles. The van der Waals surface area contributed by atoms with Crippen LogP contribution < -0.4 is 22.4 Å². The topological polar surface area (TPSA) is 38.5 Å². The molecule has 1 aromatic heterocycles. The van der Waals surface area contributed by atoms with E-state index in [2.05, 4.69) is 47.4 Å². The first-order valence-corrected chi connectivity index (χ1v) is 7.87. The number of hydrogen-bond donors (Lipinski definition) is 1. The zero-order valence-corrected chi connectivity index (χ0v) is 14.7. The predicted molar refractivity (Wildman–Crippen MR) is 90.3 cm³/mol. The number of aryl methyl sites for hydroxylation is 1. The third-order valence-electron chi connectivity index (χ3n) is 3.37. The fourth-order valence-corrected chi connectivity index (χ4v) is 2.95. The van der Waals surface area contributed by atoms with Gasteiger partial charge in [-0.2, -0.15) is 0 Å². The van der Waals surface area contributed by atoms with Gasteiger partial charge in [0.05, 0.1) is 0 Å². The van der Waals surface area contributed by atoms with E-state index in [1.165, 1.54) is 16.3 Å². The van der Waals surface area contributed by atoms with Gasteiger partial charge in [0.1, 0.15) is 5.69 Å². The van der Waals surface area contributed by atoms with Crippen LogP contribution in [0.15, 0.2) is 60.8 Å². The average Bonchev–Trinajstić information content (AvgIpc) is 2.53. The number of thioether (sulfide) groups is 1. The number of rotatable bonds is 3. The Bertz CT molecular complexity index is 784. The van der Waals surface area contributed by atoms with Crippen molar-refractivity contribution in [3.05, 3.63) is 77.6 Å². The van der Waals surface area contributed by atoms with Gasteiger partial charge in [0.2, 0.25) is 0 Å². The van der Waals surface area contributed by atoms with Crippen LogP contribution >= 0.6 is 11.8 Å². The number of aromatic nitrogens is 1. The van der Waals surface area contributed by atoms with E-state index in [0.29, 0.717) is 0 Å². The first-order chi connectivity index (χ1) is 10.2. The van der Waals surface area contributed by atoms with Crippen molar-refractivity contribution in [3.63, 3.8) is 0 Å². The molecule has 0 aliphatic rings. The van der Waals surface area contributed by atoms with Crippen molar-refractivity contribution < 1.29 is 22.4 Å². The smallest absolute Gasteiger partial charge is 0.257 e. The lowest BCUT2D eigenvalue weighted by atomic mass is 10.1. The minimum atomic E-state index is 0. The molecule has 0 radical (unpaired) electrons. The molecule has 22 heavy (non-hydrogen) atoms. The minimum Gasteiger partial charge on any atom is -1.00 e. The van der Waals surface area contributed by atoms with Crippen LogP contribution in [0.2, 0.25) is 0 Å². The Kier molecular flexibility index (Phi) is 5.75. The summed E-state index contributed by atoms with van der Waals surface area (Å²) in [5.74, 6) is 0.853. The lowest BCUT2D eigenvalue weighted by molar-refractivity contribution is -0.107. The normalized spacial score (nSPS) is 10.2. The van der Waals surface area contributed by atoms with Crippen LogP contribution in [0.4, 0.5) is 0 Å². The summed E-state index contributed by atoms with van der Waals surface area (Å²) in [6.45, 7) is 2.02. The third kappa shape index (κ3) is 3.96. The number of hydrogen-bond acceptors (Lipinski definition) is 2.